The summed E-state index contributed by atoms with van der Waals surface area (Å²) in [6.07, 6.45) is 0.773. The van der Waals surface area contributed by atoms with Crippen LogP contribution in [-0.2, 0) is 11.2 Å². The molecule has 0 saturated heterocycles. The number of nitrogens with zero attached hydrogens (tertiary/aromatic N) is 2. The number of rotatable bonds is 7. The van der Waals surface area contributed by atoms with E-state index >= 15 is 0 Å². The van der Waals surface area contributed by atoms with Crippen LogP contribution in [0.2, 0.25) is 0 Å². The highest BCUT2D eigenvalue weighted by molar-refractivity contribution is 7.10. The Balaban J connectivity index is 1.77. The number of halogens is 1. The van der Waals surface area contributed by atoms with E-state index < -0.39 is 0 Å². The van der Waals surface area contributed by atoms with Crippen molar-refractivity contribution < 1.29 is 18.7 Å². The average molecular weight is 448 g/mol. The second kappa shape index (κ2) is 10.1. The average Bonchev–Trinajstić information content (AvgIpc) is 3.18. The molecule has 0 spiro atoms. The Kier molecular flexibility index (Phi) is 7.54. The molecule has 1 aromatic heterocycles. The molecule has 8 heteroatoms. The number of ether oxygens (including phenoxy) is 1. The molecule has 1 aliphatic heterocycles. The molecule has 1 N–H and O–H groups in total. The van der Waals surface area contributed by atoms with Gasteiger partial charge in [0, 0.05) is 29.6 Å². The van der Waals surface area contributed by atoms with Crippen LogP contribution in [0.5, 0.6) is 5.75 Å². The van der Waals surface area contributed by atoms with Crippen LogP contribution in [0, 0.1) is 5.82 Å². The molecular formula is C23H30FN3O3S. The van der Waals surface area contributed by atoms with E-state index in [2.05, 4.69) is 5.32 Å². The quantitative estimate of drug-likeness (QED) is 0.691. The maximum atomic E-state index is 13.5. The van der Waals surface area contributed by atoms with Crippen molar-refractivity contribution in [1.82, 2.24) is 15.1 Å². The van der Waals surface area contributed by atoms with Gasteiger partial charge in [-0.1, -0.05) is 6.07 Å². The van der Waals surface area contributed by atoms with E-state index in [1.807, 2.05) is 39.1 Å². The van der Waals surface area contributed by atoms with E-state index in [1.54, 1.807) is 33.3 Å². The fourth-order valence-corrected chi connectivity index (χ4v) is 4.59. The van der Waals surface area contributed by atoms with E-state index in [0.717, 1.165) is 12.0 Å². The maximum absolute atomic E-state index is 13.5. The van der Waals surface area contributed by atoms with Crippen LogP contribution < -0.4 is 10.1 Å². The van der Waals surface area contributed by atoms with Crippen LogP contribution in [0.3, 0.4) is 0 Å². The van der Waals surface area contributed by atoms with Crippen LogP contribution in [-0.4, -0.2) is 53.5 Å². The number of carbonyl (C=O) groups is 2. The van der Waals surface area contributed by atoms with Gasteiger partial charge in [0.15, 0.2) is 0 Å². The molecule has 1 unspecified atom stereocenters. The van der Waals surface area contributed by atoms with Crippen LogP contribution in [0.1, 0.15) is 44.2 Å². The summed E-state index contributed by atoms with van der Waals surface area (Å²) in [4.78, 5) is 30.5. The molecule has 0 saturated carbocycles. The lowest BCUT2D eigenvalue weighted by atomic mass is 10.0. The first kappa shape index (κ1) is 23.1. The van der Waals surface area contributed by atoms with Crippen molar-refractivity contribution in [3.8, 4) is 5.75 Å². The lowest BCUT2D eigenvalue weighted by Crippen LogP contribution is -2.52. The Labute approximate surface area is 187 Å². The second-order valence-electron chi connectivity index (χ2n) is 8.25. The molecule has 6 nitrogen and oxygen atoms in total. The maximum Gasteiger partial charge on any atom is 0.318 e. The van der Waals surface area contributed by atoms with Gasteiger partial charge in [-0.15, -0.1) is 11.3 Å². The Bertz CT molecular complexity index is 915. The normalized spacial score (nSPS) is 15.7. The van der Waals surface area contributed by atoms with Gasteiger partial charge in [-0.2, -0.15) is 0 Å². The van der Waals surface area contributed by atoms with E-state index in [-0.39, 0.29) is 49.0 Å². The minimum absolute atomic E-state index is 0.00778. The highest BCUT2D eigenvalue weighted by Crippen LogP contribution is 2.34. The summed E-state index contributed by atoms with van der Waals surface area (Å²) in [5, 5.41) is 4.88. The number of thiophene rings is 1. The van der Waals surface area contributed by atoms with Crippen LogP contribution >= 0.6 is 11.3 Å². The lowest BCUT2D eigenvalue weighted by Gasteiger charge is -2.37. The van der Waals surface area contributed by atoms with E-state index in [9.17, 15) is 14.0 Å². The summed E-state index contributed by atoms with van der Waals surface area (Å²) in [7, 11) is 0. The fraction of sp³-hybridized carbons (Fsp3) is 0.478. The van der Waals surface area contributed by atoms with E-state index in [1.165, 1.54) is 17.0 Å². The minimum Gasteiger partial charge on any atom is -0.491 e. The van der Waals surface area contributed by atoms with Gasteiger partial charge >= 0.3 is 6.03 Å². The SMILES string of the molecule is CC(C)NC(=O)N(CC(=O)N1CCc2sccc2C1COc1cccc(F)c1)C(C)C. The number of carbonyl (C=O) groups excluding carboxylic acids is 2. The van der Waals surface area contributed by atoms with Crippen LogP contribution in [0.25, 0.3) is 0 Å². The van der Waals surface area contributed by atoms with E-state index in [4.69, 9.17) is 4.74 Å². The monoisotopic (exact) mass is 447 g/mol. The van der Waals surface area contributed by atoms with Gasteiger partial charge in [-0.3, -0.25) is 4.79 Å². The zero-order valence-corrected chi connectivity index (χ0v) is 19.2. The zero-order valence-electron chi connectivity index (χ0n) is 18.4. The van der Waals surface area contributed by atoms with E-state index in [0.29, 0.717) is 12.3 Å². The van der Waals surface area contributed by atoms with Crippen LogP contribution in [0.4, 0.5) is 9.18 Å². The number of amides is 3. The molecule has 168 valence electrons. The van der Waals surface area contributed by atoms with Gasteiger partial charge in [-0.25, -0.2) is 9.18 Å². The van der Waals surface area contributed by atoms with Gasteiger partial charge in [0.05, 0.1) is 6.04 Å². The molecule has 1 atom stereocenters. The van der Waals surface area contributed by atoms with Gasteiger partial charge in [-0.05, 0) is 63.3 Å². The Morgan fingerprint density at radius 3 is 2.74 bits per heavy atom. The number of hydrogen-bond donors (Lipinski definition) is 1. The second-order valence-corrected chi connectivity index (χ2v) is 9.25. The highest BCUT2D eigenvalue weighted by Gasteiger charge is 2.34. The third-order valence-electron chi connectivity index (χ3n) is 5.22. The first-order chi connectivity index (χ1) is 14.8. The first-order valence-corrected chi connectivity index (χ1v) is 11.5. The highest BCUT2D eigenvalue weighted by atomic mass is 32.1. The molecule has 3 rings (SSSR count). The van der Waals surface area contributed by atoms with Crippen molar-refractivity contribution in [2.45, 2.75) is 52.2 Å². The smallest absolute Gasteiger partial charge is 0.318 e. The summed E-state index contributed by atoms with van der Waals surface area (Å²) in [5.41, 5.74) is 1.06. The van der Waals surface area contributed by atoms with Crippen molar-refractivity contribution in [3.63, 3.8) is 0 Å². The van der Waals surface area contributed by atoms with Crippen molar-refractivity contribution in [1.29, 1.82) is 0 Å². The number of nitrogens with one attached hydrogen (secondary N) is 1. The van der Waals surface area contributed by atoms with Crippen LogP contribution in [0.15, 0.2) is 35.7 Å². The Morgan fingerprint density at radius 2 is 2.06 bits per heavy atom. The number of benzene rings is 1. The molecule has 31 heavy (non-hydrogen) atoms. The van der Waals surface area contributed by atoms with Crippen molar-refractivity contribution in [3.05, 3.63) is 52.0 Å². The van der Waals surface area contributed by atoms with Gasteiger partial charge in [0.2, 0.25) is 5.91 Å². The molecule has 2 heterocycles. The molecule has 1 aromatic carbocycles. The summed E-state index contributed by atoms with van der Waals surface area (Å²) in [6, 6.07) is 7.34. The lowest BCUT2D eigenvalue weighted by molar-refractivity contribution is -0.135. The largest absolute Gasteiger partial charge is 0.491 e. The topological polar surface area (TPSA) is 61.9 Å². The zero-order chi connectivity index (χ0) is 22.5. The molecule has 0 aliphatic carbocycles. The standard InChI is InChI=1S/C23H30FN3O3S/c1-15(2)25-23(29)27(16(3)4)13-22(28)26-10-8-21-19(9-11-31-21)20(26)14-30-18-7-5-6-17(24)12-18/h5-7,9,11-12,15-16,20H,8,10,13-14H2,1-4H3,(H,25,29). The van der Waals surface area contributed by atoms with Gasteiger partial charge in [0.25, 0.3) is 0 Å². The van der Waals surface area contributed by atoms with Crippen molar-refractivity contribution >= 4 is 23.3 Å². The minimum atomic E-state index is -0.367. The number of hydrogen-bond acceptors (Lipinski definition) is 4. The molecule has 0 radical (unpaired) electrons. The predicted octanol–water partition coefficient (Wildman–Crippen LogP) is 4.22. The molecule has 0 fully saturated rings. The molecule has 3 amide bonds. The molecule has 0 bridgehead atoms. The number of fused-ring (bicyclic) bond motifs is 1. The molecule has 2 aromatic rings. The van der Waals surface area contributed by atoms with Crippen molar-refractivity contribution in [2.75, 3.05) is 19.7 Å². The third kappa shape index (κ3) is 5.76. The molecule has 1 aliphatic rings. The predicted molar refractivity (Wildman–Crippen MR) is 120 cm³/mol. The first-order valence-electron chi connectivity index (χ1n) is 10.6. The molecular weight excluding hydrogens is 417 g/mol. The Hall–Kier alpha value is -2.61. The summed E-state index contributed by atoms with van der Waals surface area (Å²) >= 11 is 1.67. The van der Waals surface area contributed by atoms with Gasteiger partial charge in [0.1, 0.15) is 24.7 Å². The van der Waals surface area contributed by atoms with Crippen molar-refractivity contribution in [2.24, 2.45) is 0 Å². The Morgan fingerprint density at radius 1 is 1.29 bits per heavy atom. The van der Waals surface area contributed by atoms with Gasteiger partial charge < -0.3 is 19.9 Å². The summed E-state index contributed by atoms with van der Waals surface area (Å²) in [5.74, 6) is -0.0683. The third-order valence-corrected chi connectivity index (χ3v) is 6.22. The summed E-state index contributed by atoms with van der Waals surface area (Å²) < 4.78 is 19.4. The summed E-state index contributed by atoms with van der Waals surface area (Å²) in [6.45, 7) is 8.34. The fourth-order valence-electron chi connectivity index (χ4n) is 3.66. The number of urea groups is 1.